The normalized spacial score (nSPS) is 40.8. The summed E-state index contributed by atoms with van der Waals surface area (Å²) in [4.78, 5) is 0. The second kappa shape index (κ2) is 5.16. The first-order valence-corrected chi connectivity index (χ1v) is 6.66. The van der Waals surface area contributed by atoms with Gasteiger partial charge in [-0.2, -0.15) is 5.26 Å². The fourth-order valence-electron chi connectivity index (χ4n) is 3.14. The predicted molar refractivity (Wildman–Crippen MR) is 64.5 cm³/mol. The molecule has 1 aliphatic heterocycles. The summed E-state index contributed by atoms with van der Waals surface area (Å²) in [6, 6.07) is 4.07. The second-order valence-electron chi connectivity index (χ2n) is 5.44. The molecule has 1 N–H and O–H groups in total. The smallest absolute Gasteiger partial charge is 0.0672 e. The largest absolute Gasteiger partial charge is 0.250 e. The van der Waals surface area contributed by atoms with Crippen LogP contribution < -0.4 is 5.43 Å². The third kappa shape index (κ3) is 2.39. The maximum atomic E-state index is 9.09. The summed E-state index contributed by atoms with van der Waals surface area (Å²) in [6.45, 7) is 4.58. The van der Waals surface area contributed by atoms with Crippen LogP contribution in [0.1, 0.15) is 52.4 Å². The Hall–Kier alpha value is -0.590. The second-order valence-corrected chi connectivity index (χ2v) is 5.44. The molecule has 2 rings (SSSR count). The van der Waals surface area contributed by atoms with E-state index in [1.54, 1.807) is 0 Å². The van der Waals surface area contributed by atoms with Crippen molar-refractivity contribution in [2.45, 2.75) is 70.5 Å². The van der Waals surface area contributed by atoms with Gasteiger partial charge in [-0.15, -0.1) is 0 Å². The van der Waals surface area contributed by atoms with Crippen molar-refractivity contribution >= 4 is 0 Å². The van der Waals surface area contributed by atoms with Gasteiger partial charge in [0.2, 0.25) is 0 Å². The van der Waals surface area contributed by atoms with Gasteiger partial charge in [0.15, 0.2) is 0 Å². The molecular weight excluding hydrogens is 198 g/mol. The summed E-state index contributed by atoms with van der Waals surface area (Å²) in [6.07, 6.45) is 7.33. The Balaban J connectivity index is 1.94. The Morgan fingerprint density at radius 2 is 1.69 bits per heavy atom. The average molecular weight is 221 g/mol. The van der Waals surface area contributed by atoms with E-state index >= 15 is 0 Å². The number of hydrogen-bond donors (Lipinski definition) is 1. The maximum absolute atomic E-state index is 9.09. The number of hydrazine groups is 1. The highest BCUT2D eigenvalue weighted by molar-refractivity contribution is 4.96. The molecule has 16 heavy (non-hydrogen) atoms. The molecule has 0 aromatic carbocycles. The van der Waals surface area contributed by atoms with Gasteiger partial charge in [-0.3, -0.25) is 5.43 Å². The number of hydrogen-bond acceptors (Lipinski definition) is 3. The lowest BCUT2D eigenvalue weighted by Gasteiger charge is -2.41. The monoisotopic (exact) mass is 221 g/mol. The van der Waals surface area contributed by atoms with E-state index < -0.39 is 0 Å². The van der Waals surface area contributed by atoms with Crippen molar-refractivity contribution in [2.24, 2.45) is 5.92 Å². The zero-order valence-electron chi connectivity index (χ0n) is 10.4. The minimum absolute atomic E-state index is 0.223. The van der Waals surface area contributed by atoms with Crippen LogP contribution in [0.2, 0.25) is 0 Å². The fraction of sp³-hybridized carbons (Fsp3) is 0.923. The van der Waals surface area contributed by atoms with Gasteiger partial charge < -0.3 is 0 Å². The minimum atomic E-state index is 0.223. The van der Waals surface area contributed by atoms with E-state index in [0.717, 1.165) is 12.8 Å². The lowest BCUT2D eigenvalue weighted by molar-refractivity contribution is 0.0263. The first-order valence-electron chi connectivity index (χ1n) is 6.66. The van der Waals surface area contributed by atoms with E-state index in [0.29, 0.717) is 18.1 Å². The molecular formula is C13H23N3. The van der Waals surface area contributed by atoms with Crippen LogP contribution in [-0.2, 0) is 0 Å². The number of piperidine rings is 1. The van der Waals surface area contributed by atoms with Gasteiger partial charge in [0.1, 0.15) is 0 Å². The van der Waals surface area contributed by atoms with Gasteiger partial charge in [0.05, 0.1) is 12.0 Å². The van der Waals surface area contributed by atoms with Crippen LogP contribution in [0, 0.1) is 17.2 Å². The van der Waals surface area contributed by atoms with E-state index in [-0.39, 0.29) is 5.92 Å². The van der Waals surface area contributed by atoms with Gasteiger partial charge in [0.25, 0.3) is 0 Å². The van der Waals surface area contributed by atoms with E-state index in [1.807, 2.05) is 0 Å². The quantitative estimate of drug-likeness (QED) is 0.778. The molecule has 0 aromatic rings. The first kappa shape index (κ1) is 11.9. The predicted octanol–water partition coefficient (Wildman–Crippen LogP) is 2.45. The number of nitriles is 1. The fourth-order valence-corrected chi connectivity index (χ4v) is 3.14. The van der Waals surface area contributed by atoms with Crippen LogP contribution in [0.25, 0.3) is 0 Å². The molecule has 1 saturated carbocycles. The van der Waals surface area contributed by atoms with Crippen LogP contribution in [0.3, 0.4) is 0 Å². The van der Waals surface area contributed by atoms with Crippen molar-refractivity contribution in [3.8, 4) is 6.07 Å². The lowest BCUT2D eigenvalue weighted by atomic mass is 9.99. The van der Waals surface area contributed by atoms with E-state index in [2.05, 4.69) is 30.4 Å². The molecule has 0 radical (unpaired) electrons. The van der Waals surface area contributed by atoms with Crippen molar-refractivity contribution in [3.63, 3.8) is 0 Å². The van der Waals surface area contributed by atoms with Crippen molar-refractivity contribution in [1.82, 2.24) is 10.4 Å². The number of nitrogens with one attached hydrogen (secondary N) is 1. The van der Waals surface area contributed by atoms with Gasteiger partial charge in [-0.05, 0) is 39.5 Å². The van der Waals surface area contributed by atoms with Crippen molar-refractivity contribution in [2.75, 3.05) is 0 Å². The maximum Gasteiger partial charge on any atom is 0.0672 e. The summed E-state index contributed by atoms with van der Waals surface area (Å²) < 4.78 is 0. The first-order chi connectivity index (χ1) is 7.72. The molecule has 90 valence electrons. The molecule has 1 aliphatic carbocycles. The Bertz CT molecular complexity index is 261. The summed E-state index contributed by atoms with van der Waals surface area (Å²) >= 11 is 0. The van der Waals surface area contributed by atoms with Gasteiger partial charge >= 0.3 is 0 Å². The van der Waals surface area contributed by atoms with Crippen LogP contribution in [0.5, 0.6) is 0 Å². The van der Waals surface area contributed by atoms with E-state index in [9.17, 15) is 0 Å². The highest BCUT2D eigenvalue weighted by Crippen LogP contribution is 2.27. The summed E-state index contributed by atoms with van der Waals surface area (Å²) in [5, 5.41) is 11.5. The zero-order valence-corrected chi connectivity index (χ0v) is 10.4. The van der Waals surface area contributed by atoms with Crippen LogP contribution in [-0.4, -0.2) is 23.1 Å². The highest BCUT2D eigenvalue weighted by atomic mass is 15.5. The average Bonchev–Trinajstić information content (AvgIpc) is 2.71. The third-order valence-corrected chi connectivity index (χ3v) is 4.19. The Morgan fingerprint density at radius 3 is 2.31 bits per heavy atom. The standard InChI is InChI=1S/C13H23N3/c1-10-5-3-6-11(2)16(10)15-13-8-4-7-12(13)9-14/h10-13,15H,3-8H2,1-2H3. The molecule has 0 aromatic heterocycles. The molecule has 3 heteroatoms. The molecule has 4 atom stereocenters. The van der Waals surface area contributed by atoms with Crippen molar-refractivity contribution in [3.05, 3.63) is 0 Å². The topological polar surface area (TPSA) is 39.1 Å². The van der Waals surface area contributed by atoms with Crippen molar-refractivity contribution < 1.29 is 0 Å². The Kier molecular flexibility index (Phi) is 3.83. The van der Waals surface area contributed by atoms with Gasteiger partial charge in [-0.1, -0.05) is 12.8 Å². The van der Waals surface area contributed by atoms with Gasteiger partial charge in [0, 0.05) is 18.1 Å². The van der Waals surface area contributed by atoms with E-state index in [4.69, 9.17) is 5.26 Å². The molecule has 2 fully saturated rings. The molecule has 0 amide bonds. The van der Waals surface area contributed by atoms with Crippen LogP contribution in [0.4, 0.5) is 0 Å². The highest BCUT2D eigenvalue weighted by Gasteiger charge is 2.32. The van der Waals surface area contributed by atoms with Crippen LogP contribution >= 0.6 is 0 Å². The molecule has 0 spiro atoms. The number of rotatable bonds is 2. The Morgan fingerprint density at radius 1 is 1.06 bits per heavy atom. The summed E-state index contributed by atoms with van der Waals surface area (Å²) in [7, 11) is 0. The minimum Gasteiger partial charge on any atom is -0.250 e. The Labute approximate surface area is 98.8 Å². The molecule has 2 aliphatic rings. The third-order valence-electron chi connectivity index (χ3n) is 4.19. The summed E-state index contributed by atoms with van der Waals surface area (Å²) in [5.41, 5.74) is 3.63. The number of nitrogens with zero attached hydrogens (tertiary/aromatic N) is 2. The summed E-state index contributed by atoms with van der Waals surface area (Å²) in [5.74, 6) is 0.223. The molecule has 0 bridgehead atoms. The molecule has 1 heterocycles. The zero-order chi connectivity index (χ0) is 11.5. The lowest BCUT2D eigenvalue weighted by Crippen LogP contribution is -2.56. The van der Waals surface area contributed by atoms with E-state index in [1.165, 1.54) is 25.7 Å². The molecule has 1 saturated heterocycles. The molecule has 4 unspecified atom stereocenters. The molecule has 3 nitrogen and oxygen atoms in total. The SMILES string of the molecule is CC1CCCC(C)N1NC1CCCC1C#N. The van der Waals surface area contributed by atoms with Crippen molar-refractivity contribution in [1.29, 1.82) is 5.26 Å². The van der Waals surface area contributed by atoms with Crippen LogP contribution in [0.15, 0.2) is 0 Å². The van der Waals surface area contributed by atoms with Gasteiger partial charge in [-0.25, -0.2) is 5.01 Å².